The predicted octanol–water partition coefficient (Wildman–Crippen LogP) is 5.27. The van der Waals surface area contributed by atoms with E-state index in [4.69, 9.17) is 0 Å². The second-order valence-electron chi connectivity index (χ2n) is 8.03. The minimum absolute atomic E-state index is 0.444. The summed E-state index contributed by atoms with van der Waals surface area (Å²) in [6, 6.07) is 6.14. The van der Waals surface area contributed by atoms with Gasteiger partial charge in [0, 0.05) is 0 Å². The maximum atomic E-state index is 9.74. The van der Waals surface area contributed by atoms with E-state index in [2.05, 4.69) is 19.9 Å². The van der Waals surface area contributed by atoms with Crippen LogP contribution in [0.4, 0.5) is 0 Å². The lowest BCUT2D eigenvalue weighted by atomic mass is 9.54. The molecule has 0 aliphatic heterocycles. The summed E-state index contributed by atoms with van der Waals surface area (Å²) in [4.78, 5) is 0. The van der Waals surface area contributed by atoms with Crippen LogP contribution in [-0.2, 0) is 6.42 Å². The molecule has 0 bridgehead atoms. The highest BCUT2D eigenvalue weighted by Crippen LogP contribution is 2.63. The molecule has 0 saturated heterocycles. The van der Waals surface area contributed by atoms with Crippen molar-refractivity contribution in [3.05, 3.63) is 29.3 Å². The Morgan fingerprint density at radius 2 is 2.05 bits per heavy atom. The van der Waals surface area contributed by atoms with E-state index in [9.17, 15) is 5.11 Å². The zero-order valence-electron chi connectivity index (χ0n) is 13.4. The first-order valence-corrected chi connectivity index (χ1v) is 8.95. The van der Waals surface area contributed by atoms with Crippen molar-refractivity contribution in [3.8, 4) is 5.75 Å². The van der Waals surface area contributed by atoms with Crippen molar-refractivity contribution < 1.29 is 5.11 Å². The SMILES string of the molecule is CCC1CCC2C3CCc4cc(O)ccc4C3CC[C@]12C. The van der Waals surface area contributed by atoms with Crippen LogP contribution in [0.25, 0.3) is 0 Å². The topological polar surface area (TPSA) is 20.2 Å². The summed E-state index contributed by atoms with van der Waals surface area (Å²) in [6.45, 7) is 4.99. The van der Waals surface area contributed by atoms with Gasteiger partial charge >= 0.3 is 0 Å². The normalized spacial score (nSPS) is 41.2. The Kier molecular flexibility index (Phi) is 3.10. The third kappa shape index (κ3) is 1.89. The Balaban J connectivity index is 1.68. The molecule has 114 valence electrons. The van der Waals surface area contributed by atoms with Gasteiger partial charge in [-0.2, -0.15) is 0 Å². The molecule has 1 nitrogen and oxygen atoms in total. The number of phenols is 1. The molecule has 3 aliphatic rings. The summed E-state index contributed by atoms with van der Waals surface area (Å²) in [7, 11) is 0. The minimum atomic E-state index is 0.444. The molecule has 2 fully saturated rings. The first kappa shape index (κ1) is 13.7. The van der Waals surface area contributed by atoms with E-state index in [0.29, 0.717) is 11.2 Å². The van der Waals surface area contributed by atoms with Crippen molar-refractivity contribution in [2.75, 3.05) is 0 Å². The summed E-state index contributed by atoms with van der Waals surface area (Å²) in [5.41, 5.74) is 3.60. The molecule has 1 heteroatoms. The molecule has 4 unspecified atom stereocenters. The summed E-state index contributed by atoms with van der Waals surface area (Å²) in [6.07, 6.45) is 9.59. The maximum absolute atomic E-state index is 9.74. The van der Waals surface area contributed by atoms with Gasteiger partial charge in [-0.15, -0.1) is 0 Å². The van der Waals surface area contributed by atoms with Crippen LogP contribution in [-0.4, -0.2) is 5.11 Å². The van der Waals surface area contributed by atoms with Gasteiger partial charge in [0.05, 0.1) is 0 Å². The van der Waals surface area contributed by atoms with Gasteiger partial charge < -0.3 is 5.11 Å². The number of fused-ring (bicyclic) bond motifs is 5. The third-order valence-corrected chi connectivity index (χ3v) is 7.40. The number of aryl methyl sites for hydroxylation is 1. The second-order valence-corrected chi connectivity index (χ2v) is 8.03. The lowest BCUT2D eigenvalue weighted by Crippen LogP contribution is -2.42. The number of hydrogen-bond acceptors (Lipinski definition) is 1. The highest BCUT2D eigenvalue weighted by Gasteiger charge is 2.53. The van der Waals surface area contributed by atoms with Crippen LogP contribution >= 0.6 is 0 Å². The quantitative estimate of drug-likeness (QED) is 0.744. The fraction of sp³-hybridized carbons (Fsp3) is 0.700. The van der Waals surface area contributed by atoms with Crippen LogP contribution in [0.15, 0.2) is 18.2 Å². The van der Waals surface area contributed by atoms with Crippen LogP contribution in [0.5, 0.6) is 5.75 Å². The van der Waals surface area contributed by atoms with E-state index in [0.717, 1.165) is 23.7 Å². The molecule has 1 aromatic rings. The van der Waals surface area contributed by atoms with Gasteiger partial charge in [-0.25, -0.2) is 0 Å². The largest absolute Gasteiger partial charge is 0.508 e. The van der Waals surface area contributed by atoms with Crippen LogP contribution < -0.4 is 0 Å². The van der Waals surface area contributed by atoms with Gasteiger partial charge in [-0.3, -0.25) is 0 Å². The summed E-state index contributed by atoms with van der Waals surface area (Å²) >= 11 is 0. The van der Waals surface area contributed by atoms with Crippen LogP contribution in [0.2, 0.25) is 0 Å². The maximum Gasteiger partial charge on any atom is 0.115 e. The molecule has 3 aliphatic carbocycles. The molecular formula is C20H28O. The Hall–Kier alpha value is -0.980. The smallest absolute Gasteiger partial charge is 0.115 e. The molecule has 0 spiro atoms. The van der Waals surface area contributed by atoms with Gasteiger partial charge in [0.2, 0.25) is 0 Å². The van der Waals surface area contributed by atoms with Crippen molar-refractivity contribution >= 4 is 0 Å². The van der Waals surface area contributed by atoms with Crippen molar-refractivity contribution in [3.63, 3.8) is 0 Å². The van der Waals surface area contributed by atoms with Crippen LogP contribution in [0, 0.1) is 23.2 Å². The third-order valence-electron chi connectivity index (χ3n) is 7.40. The van der Waals surface area contributed by atoms with Crippen molar-refractivity contribution in [2.24, 2.45) is 23.2 Å². The summed E-state index contributed by atoms with van der Waals surface area (Å²) in [5, 5.41) is 9.74. The van der Waals surface area contributed by atoms with Gasteiger partial charge in [0.25, 0.3) is 0 Å². The molecule has 1 aromatic carbocycles. The van der Waals surface area contributed by atoms with Gasteiger partial charge in [-0.1, -0.05) is 26.3 Å². The average molecular weight is 284 g/mol. The van der Waals surface area contributed by atoms with E-state index in [1.807, 2.05) is 12.1 Å². The van der Waals surface area contributed by atoms with E-state index < -0.39 is 0 Å². The summed E-state index contributed by atoms with van der Waals surface area (Å²) < 4.78 is 0. The number of benzene rings is 1. The summed E-state index contributed by atoms with van der Waals surface area (Å²) in [5.74, 6) is 4.02. The Bertz CT molecular complexity index is 549. The molecule has 0 radical (unpaired) electrons. The number of aromatic hydroxyl groups is 1. The molecule has 5 atom stereocenters. The lowest BCUT2D eigenvalue weighted by molar-refractivity contribution is 0.0273. The number of phenolic OH excluding ortho intramolecular Hbond substituents is 1. The first-order chi connectivity index (χ1) is 10.1. The molecule has 1 N–H and O–H groups in total. The molecule has 0 aromatic heterocycles. The Morgan fingerprint density at radius 1 is 1.19 bits per heavy atom. The van der Waals surface area contributed by atoms with Crippen LogP contribution in [0.3, 0.4) is 0 Å². The second kappa shape index (κ2) is 4.76. The van der Waals surface area contributed by atoms with E-state index in [1.54, 1.807) is 5.56 Å². The highest BCUT2D eigenvalue weighted by atomic mass is 16.3. The van der Waals surface area contributed by atoms with Gasteiger partial charge in [0.15, 0.2) is 0 Å². The van der Waals surface area contributed by atoms with Crippen LogP contribution in [0.1, 0.15) is 69.4 Å². The number of rotatable bonds is 1. The van der Waals surface area contributed by atoms with Crippen molar-refractivity contribution in [2.45, 2.75) is 64.7 Å². The monoisotopic (exact) mass is 284 g/mol. The lowest BCUT2D eigenvalue weighted by Gasteiger charge is -2.51. The zero-order valence-corrected chi connectivity index (χ0v) is 13.4. The van der Waals surface area contributed by atoms with Gasteiger partial charge in [-0.05, 0) is 90.9 Å². The van der Waals surface area contributed by atoms with E-state index in [-0.39, 0.29) is 0 Å². The molecule has 2 saturated carbocycles. The standard InChI is InChI=1S/C20H28O/c1-3-14-5-9-19-18-7-4-13-12-15(21)6-8-16(13)17(18)10-11-20(14,19)2/h6,8,12,14,17-19,21H,3-5,7,9-11H2,1-2H3/t14?,17?,18?,19?,20-/m1/s1. The Labute approximate surface area is 128 Å². The zero-order chi connectivity index (χ0) is 14.6. The average Bonchev–Trinajstić information content (AvgIpc) is 2.83. The fourth-order valence-electron chi connectivity index (χ4n) is 6.35. The molecule has 4 rings (SSSR count). The van der Waals surface area contributed by atoms with Gasteiger partial charge in [0.1, 0.15) is 5.75 Å². The Morgan fingerprint density at radius 3 is 2.86 bits per heavy atom. The van der Waals surface area contributed by atoms with Crippen molar-refractivity contribution in [1.82, 2.24) is 0 Å². The minimum Gasteiger partial charge on any atom is -0.508 e. The predicted molar refractivity (Wildman–Crippen MR) is 86.5 cm³/mol. The fourth-order valence-corrected chi connectivity index (χ4v) is 6.35. The molecular weight excluding hydrogens is 256 g/mol. The first-order valence-electron chi connectivity index (χ1n) is 8.95. The molecule has 0 heterocycles. The van der Waals surface area contributed by atoms with E-state index in [1.165, 1.54) is 50.5 Å². The van der Waals surface area contributed by atoms with Crippen molar-refractivity contribution in [1.29, 1.82) is 0 Å². The van der Waals surface area contributed by atoms with E-state index >= 15 is 0 Å². The molecule has 0 amide bonds. The highest BCUT2D eigenvalue weighted by molar-refractivity contribution is 5.40. The number of hydrogen-bond donors (Lipinski definition) is 1. The molecule has 21 heavy (non-hydrogen) atoms.